The van der Waals surface area contributed by atoms with Gasteiger partial charge in [-0.2, -0.15) is 4.31 Å². The first kappa shape index (κ1) is 32.1. The predicted octanol–water partition coefficient (Wildman–Crippen LogP) is 5.67. The third kappa shape index (κ3) is 8.44. The summed E-state index contributed by atoms with van der Waals surface area (Å²) in [5, 5.41) is 3.02. The number of benzene rings is 4. The second kappa shape index (κ2) is 15.1. The summed E-state index contributed by atoms with van der Waals surface area (Å²) in [4.78, 5) is 29.6. The molecule has 1 saturated heterocycles. The lowest BCUT2D eigenvalue weighted by molar-refractivity contribution is -0.141. The fourth-order valence-corrected chi connectivity index (χ4v) is 7.11. The zero-order chi connectivity index (χ0) is 31.6. The van der Waals surface area contributed by atoms with E-state index >= 15 is 0 Å². The molecule has 234 valence electrons. The lowest BCUT2D eigenvalue weighted by Crippen LogP contribution is -2.44. The average molecular weight is 628 g/mol. The van der Waals surface area contributed by atoms with Crippen LogP contribution in [0.3, 0.4) is 0 Å². The standard InChI is InChI=1S/C36H38FN3O4S/c37-32-18-13-30(14-19-32)27-40(34(41)22-17-29-15-20-33(21-16-29)45(43,44)39-25-7-8-26-39)35(31-11-5-2-6-12-31)36(42)38-24-23-28-9-3-1-4-10-28/h1-6,9-16,18-21,35H,7-8,17,22-27H2,(H,38,42). The maximum atomic E-state index is 14.0. The molecule has 0 saturated carbocycles. The minimum Gasteiger partial charge on any atom is -0.354 e. The molecule has 1 aliphatic heterocycles. The Morgan fingerprint density at radius 1 is 0.756 bits per heavy atom. The first-order valence-electron chi connectivity index (χ1n) is 15.3. The minimum atomic E-state index is -3.53. The van der Waals surface area contributed by atoms with Gasteiger partial charge in [-0.15, -0.1) is 0 Å². The van der Waals surface area contributed by atoms with E-state index in [9.17, 15) is 22.4 Å². The van der Waals surface area contributed by atoms with Crippen LogP contribution in [0.2, 0.25) is 0 Å². The van der Waals surface area contributed by atoms with Crippen molar-refractivity contribution in [1.29, 1.82) is 0 Å². The summed E-state index contributed by atoms with van der Waals surface area (Å²) in [5.41, 5.74) is 3.27. The van der Waals surface area contributed by atoms with Gasteiger partial charge in [0, 0.05) is 32.6 Å². The summed E-state index contributed by atoms with van der Waals surface area (Å²) in [6.45, 7) is 1.57. The molecule has 2 amide bonds. The van der Waals surface area contributed by atoms with E-state index in [0.29, 0.717) is 43.6 Å². The van der Waals surface area contributed by atoms with Crippen molar-refractivity contribution < 1.29 is 22.4 Å². The van der Waals surface area contributed by atoms with Gasteiger partial charge in [0.05, 0.1) is 4.90 Å². The van der Waals surface area contributed by atoms with Crippen LogP contribution < -0.4 is 5.32 Å². The van der Waals surface area contributed by atoms with Gasteiger partial charge in [0.2, 0.25) is 21.8 Å². The fraction of sp³-hybridized carbons (Fsp3) is 0.278. The summed E-state index contributed by atoms with van der Waals surface area (Å²) in [5.74, 6) is -0.936. The van der Waals surface area contributed by atoms with Gasteiger partial charge in [0.25, 0.3) is 0 Å². The molecule has 0 spiro atoms. The number of rotatable bonds is 13. The molecular weight excluding hydrogens is 589 g/mol. The van der Waals surface area contributed by atoms with Gasteiger partial charge in [-0.25, -0.2) is 12.8 Å². The zero-order valence-electron chi connectivity index (χ0n) is 25.1. The SMILES string of the molecule is O=C(NCCc1ccccc1)C(c1ccccc1)N(Cc1ccc(F)cc1)C(=O)CCc1ccc(S(=O)(=O)N2CCCC2)cc1. The van der Waals surface area contributed by atoms with E-state index in [4.69, 9.17) is 0 Å². The van der Waals surface area contributed by atoms with Crippen LogP contribution in [-0.2, 0) is 39.0 Å². The average Bonchev–Trinajstić information content (AvgIpc) is 3.62. The van der Waals surface area contributed by atoms with Crippen molar-refractivity contribution in [3.63, 3.8) is 0 Å². The van der Waals surface area contributed by atoms with Crippen LogP contribution in [0.25, 0.3) is 0 Å². The van der Waals surface area contributed by atoms with Crippen LogP contribution in [0.5, 0.6) is 0 Å². The molecule has 1 unspecified atom stereocenters. The second-order valence-corrected chi connectivity index (χ2v) is 13.2. The number of sulfonamides is 1. The van der Waals surface area contributed by atoms with Crippen LogP contribution in [0.4, 0.5) is 4.39 Å². The Morgan fingerprint density at radius 3 is 1.98 bits per heavy atom. The van der Waals surface area contributed by atoms with Gasteiger partial charge in [0.1, 0.15) is 11.9 Å². The lowest BCUT2D eigenvalue weighted by atomic mass is 10.0. The topological polar surface area (TPSA) is 86.8 Å². The van der Waals surface area contributed by atoms with Crippen molar-refractivity contribution in [3.8, 4) is 0 Å². The molecule has 5 rings (SSSR count). The van der Waals surface area contributed by atoms with Crippen molar-refractivity contribution in [1.82, 2.24) is 14.5 Å². The highest BCUT2D eigenvalue weighted by Crippen LogP contribution is 2.26. The highest BCUT2D eigenvalue weighted by Gasteiger charge is 2.31. The number of aryl methyl sites for hydroxylation is 1. The second-order valence-electron chi connectivity index (χ2n) is 11.2. The van der Waals surface area contributed by atoms with Gasteiger partial charge < -0.3 is 10.2 Å². The molecule has 0 aromatic heterocycles. The van der Waals surface area contributed by atoms with Crippen molar-refractivity contribution in [3.05, 3.63) is 137 Å². The highest BCUT2D eigenvalue weighted by molar-refractivity contribution is 7.89. The van der Waals surface area contributed by atoms with E-state index in [1.165, 1.54) is 16.4 Å². The Morgan fingerprint density at radius 2 is 1.33 bits per heavy atom. The van der Waals surface area contributed by atoms with Crippen molar-refractivity contribution in [2.75, 3.05) is 19.6 Å². The van der Waals surface area contributed by atoms with Crippen molar-refractivity contribution >= 4 is 21.8 Å². The quantitative estimate of drug-likeness (QED) is 0.207. The van der Waals surface area contributed by atoms with E-state index in [1.54, 1.807) is 41.3 Å². The molecule has 1 fully saturated rings. The van der Waals surface area contributed by atoms with Gasteiger partial charge in [-0.05, 0) is 72.2 Å². The number of nitrogens with zero attached hydrogens (tertiary/aromatic N) is 2. The molecule has 1 heterocycles. The number of amides is 2. The molecule has 4 aromatic rings. The molecule has 4 aromatic carbocycles. The normalized spacial score (nSPS) is 14.2. The Bertz CT molecular complexity index is 1660. The molecule has 1 N–H and O–H groups in total. The van der Waals surface area contributed by atoms with Gasteiger partial charge in [0.15, 0.2) is 0 Å². The van der Waals surface area contributed by atoms with Gasteiger partial charge >= 0.3 is 0 Å². The minimum absolute atomic E-state index is 0.0973. The lowest BCUT2D eigenvalue weighted by Gasteiger charge is -2.32. The molecule has 0 radical (unpaired) electrons. The maximum absolute atomic E-state index is 14.0. The molecule has 1 atom stereocenters. The summed E-state index contributed by atoms with van der Waals surface area (Å²) >= 11 is 0. The van der Waals surface area contributed by atoms with Crippen molar-refractivity contribution in [2.45, 2.75) is 49.6 Å². The van der Waals surface area contributed by atoms with Gasteiger partial charge in [-0.1, -0.05) is 84.9 Å². The molecule has 1 aliphatic rings. The van der Waals surface area contributed by atoms with Crippen LogP contribution in [0.15, 0.2) is 114 Å². The number of nitrogens with one attached hydrogen (secondary N) is 1. The van der Waals surface area contributed by atoms with Crippen LogP contribution in [-0.4, -0.2) is 49.1 Å². The largest absolute Gasteiger partial charge is 0.354 e. The Kier molecular flexibility index (Phi) is 10.8. The number of carbonyl (C=O) groups is 2. The molecule has 9 heteroatoms. The fourth-order valence-electron chi connectivity index (χ4n) is 5.59. The van der Waals surface area contributed by atoms with Crippen LogP contribution >= 0.6 is 0 Å². The van der Waals surface area contributed by atoms with E-state index < -0.39 is 16.1 Å². The summed E-state index contributed by atoms with van der Waals surface area (Å²) < 4.78 is 41.1. The van der Waals surface area contributed by atoms with E-state index in [-0.39, 0.29) is 35.5 Å². The Balaban J connectivity index is 1.35. The molecular formula is C36H38FN3O4S. The maximum Gasteiger partial charge on any atom is 0.247 e. The number of hydrogen-bond donors (Lipinski definition) is 1. The van der Waals surface area contributed by atoms with E-state index in [1.807, 2.05) is 60.7 Å². The van der Waals surface area contributed by atoms with E-state index in [2.05, 4.69) is 5.32 Å². The predicted molar refractivity (Wildman–Crippen MR) is 172 cm³/mol. The third-order valence-electron chi connectivity index (χ3n) is 8.07. The first-order chi connectivity index (χ1) is 21.8. The number of halogens is 1. The summed E-state index contributed by atoms with van der Waals surface area (Å²) in [6.07, 6.45) is 2.83. The monoisotopic (exact) mass is 627 g/mol. The number of hydrogen-bond acceptors (Lipinski definition) is 4. The van der Waals surface area contributed by atoms with Crippen LogP contribution in [0.1, 0.15) is 47.6 Å². The molecule has 0 aliphatic carbocycles. The third-order valence-corrected chi connectivity index (χ3v) is 9.98. The molecule has 45 heavy (non-hydrogen) atoms. The summed E-state index contributed by atoms with van der Waals surface area (Å²) in [6, 6.07) is 30.7. The zero-order valence-corrected chi connectivity index (χ0v) is 26.0. The van der Waals surface area contributed by atoms with Crippen molar-refractivity contribution in [2.24, 2.45) is 0 Å². The number of carbonyl (C=O) groups excluding carboxylic acids is 2. The summed E-state index contributed by atoms with van der Waals surface area (Å²) in [7, 11) is -3.53. The van der Waals surface area contributed by atoms with Gasteiger partial charge in [-0.3, -0.25) is 9.59 Å². The Labute approximate surface area is 264 Å². The molecule has 0 bridgehead atoms. The van der Waals surface area contributed by atoms with Crippen LogP contribution in [0, 0.1) is 5.82 Å². The highest BCUT2D eigenvalue weighted by atomic mass is 32.2. The Hall–Kier alpha value is -4.34. The molecule has 7 nitrogen and oxygen atoms in total. The first-order valence-corrected chi connectivity index (χ1v) is 16.7. The van der Waals surface area contributed by atoms with E-state index in [0.717, 1.165) is 24.0 Å². The smallest absolute Gasteiger partial charge is 0.247 e.